The van der Waals surface area contributed by atoms with Gasteiger partial charge in [-0.1, -0.05) is 51.0 Å². The summed E-state index contributed by atoms with van der Waals surface area (Å²) in [6, 6.07) is 8.38. The molecule has 4 rings (SSSR count). The van der Waals surface area contributed by atoms with Crippen molar-refractivity contribution in [1.82, 2.24) is 0 Å². The molecule has 2 bridgehead atoms. The number of ether oxygens (including phenoxy) is 4. The second-order valence-corrected chi connectivity index (χ2v) is 12.6. The van der Waals surface area contributed by atoms with E-state index in [1.165, 1.54) is 13.0 Å². The second-order valence-electron chi connectivity index (χ2n) is 12.6. The molecule has 1 aromatic rings. The van der Waals surface area contributed by atoms with Crippen LogP contribution >= 0.6 is 0 Å². The van der Waals surface area contributed by atoms with Crippen LogP contribution in [-0.2, 0) is 66.0 Å². The largest absolute Gasteiger partial charge is 0.468 e. The average Bonchev–Trinajstić information content (AvgIpc) is 2.96. The van der Waals surface area contributed by atoms with Crippen molar-refractivity contribution in [3.8, 4) is 0 Å². The maximum atomic E-state index is 14.4. The van der Waals surface area contributed by atoms with Crippen LogP contribution in [0.25, 0.3) is 0 Å². The number of allylic oxidation sites excluding steroid dienone is 2. The maximum absolute atomic E-state index is 14.4. The number of ketones is 1. The summed E-state index contributed by atoms with van der Waals surface area (Å²) in [5.41, 5.74) is -2.73. The zero-order chi connectivity index (χ0) is 32.6. The van der Waals surface area contributed by atoms with Gasteiger partial charge in [-0.25, -0.2) is 17.8 Å². The van der Waals surface area contributed by atoms with Crippen molar-refractivity contribution >= 4 is 23.7 Å². The number of hydrogen-bond acceptors (Lipinski definition) is 9. The quantitative estimate of drug-likeness (QED) is 0.162. The fourth-order valence-electron chi connectivity index (χ4n) is 7.22. The van der Waals surface area contributed by atoms with Crippen LogP contribution < -0.4 is 0 Å². The molecule has 249 valence electrons. The fourth-order valence-corrected chi connectivity index (χ4v) is 7.22. The van der Waals surface area contributed by atoms with Gasteiger partial charge in [-0.05, 0) is 50.5 Å². The van der Waals surface area contributed by atoms with Crippen LogP contribution in [0.4, 0.5) is 0 Å². The molecule has 1 heterocycles. The van der Waals surface area contributed by atoms with Crippen LogP contribution in [0, 0.1) is 25.7 Å². The third-order valence-corrected chi connectivity index (χ3v) is 9.70. The number of benzene rings is 1. The first-order valence-corrected chi connectivity index (χ1v) is 15.1. The monoisotopic (exact) mass is 711 g/mol. The van der Waals surface area contributed by atoms with Gasteiger partial charge in [0.05, 0.1) is 18.1 Å². The van der Waals surface area contributed by atoms with Crippen molar-refractivity contribution in [2.45, 2.75) is 97.2 Å². The minimum absolute atomic E-state index is 0. The molecule has 0 unspecified atom stereocenters. The molecule has 3 aliphatic rings. The maximum Gasteiger partial charge on any atom is 0.338 e. The van der Waals surface area contributed by atoms with E-state index in [1.54, 1.807) is 65.0 Å². The molecule has 1 aliphatic heterocycles. The summed E-state index contributed by atoms with van der Waals surface area (Å²) in [6.07, 6.45) is 0.519. The molecule has 1 aromatic carbocycles. The van der Waals surface area contributed by atoms with Gasteiger partial charge in [0.1, 0.15) is 23.9 Å². The average molecular weight is 712 g/mol. The molecule has 6 atom stereocenters. The van der Waals surface area contributed by atoms with E-state index in [4.69, 9.17) is 18.9 Å². The normalized spacial score (nSPS) is 31.8. The molecule has 0 saturated carbocycles. The number of carbonyl (C=O) groups excluding carboxylic acids is 4. The Morgan fingerprint density at radius 1 is 1.09 bits per heavy atom. The number of carbonyl (C=O) groups is 4. The fraction of sp³-hybridized carbons (Fsp3) is 0.500. The molecule has 46 heavy (non-hydrogen) atoms. The van der Waals surface area contributed by atoms with Crippen molar-refractivity contribution in [1.29, 1.82) is 0 Å². The van der Waals surface area contributed by atoms with E-state index in [2.05, 4.69) is 6.92 Å². The van der Waals surface area contributed by atoms with Crippen LogP contribution in [-0.4, -0.2) is 64.9 Å². The summed E-state index contributed by atoms with van der Waals surface area (Å²) in [6.45, 7) is 15.4. The molecule has 2 aliphatic carbocycles. The molecule has 1 fully saturated rings. The predicted molar refractivity (Wildman–Crippen MR) is 169 cm³/mol. The third kappa shape index (κ3) is 6.71. The van der Waals surface area contributed by atoms with Crippen LogP contribution in [0.15, 0.2) is 64.8 Å². The van der Waals surface area contributed by atoms with Gasteiger partial charge in [-0.15, -0.1) is 6.08 Å². The molecule has 0 amide bonds. The van der Waals surface area contributed by atoms with E-state index >= 15 is 0 Å². The molecule has 0 spiro atoms. The Hall–Kier alpha value is -2.59. The minimum Gasteiger partial charge on any atom is -0.468 e. The number of aliphatic hydroxyl groups is 1. The van der Waals surface area contributed by atoms with Gasteiger partial charge in [0, 0.05) is 57.0 Å². The van der Waals surface area contributed by atoms with Crippen LogP contribution in [0.5, 0.6) is 0 Å². The van der Waals surface area contributed by atoms with Crippen molar-refractivity contribution in [3.63, 3.8) is 0 Å². The summed E-state index contributed by atoms with van der Waals surface area (Å²) in [5.74, 6) is -3.28. The molecule has 1 radical (unpaired) electrons. The van der Waals surface area contributed by atoms with Gasteiger partial charge in [0.2, 0.25) is 5.97 Å². The second kappa shape index (κ2) is 15.1. The number of rotatable bonds is 8. The van der Waals surface area contributed by atoms with Gasteiger partial charge in [0.15, 0.2) is 11.4 Å². The summed E-state index contributed by atoms with van der Waals surface area (Å²) < 4.78 is 24.2. The first kappa shape index (κ1) is 39.6. The standard InChI is InChI=1S/C35H43O9.CH3.Y/c1-9-14-26-34(19-41-26,44-23(6)36)29-20(3)21(4)30(38)28-22(5)25(42-27(37)15-10-2)18-35(40,33(28,7)8)31(29)43-32(39)24-16-12-11-13-17-24;;/h10-13,15-17,25-26,29,31,40H,2,9,14,18-19H2,1,3-8H3;1H3;/q2*-1;/b15-10+,21-20-;;/t25-,26+,29+,31-,34-,35+;;/m0../s1. The first-order chi connectivity index (χ1) is 20.7. The topological polar surface area (TPSA) is 125 Å². The molecule has 1 saturated heterocycles. The summed E-state index contributed by atoms with van der Waals surface area (Å²) in [5, 5.41) is 13.1. The Kier molecular flexibility index (Phi) is 13.0. The van der Waals surface area contributed by atoms with Gasteiger partial charge < -0.3 is 31.5 Å². The molecular weight excluding hydrogens is 665 g/mol. The Morgan fingerprint density at radius 2 is 1.72 bits per heavy atom. The van der Waals surface area contributed by atoms with E-state index in [1.807, 2.05) is 6.92 Å². The van der Waals surface area contributed by atoms with Crippen molar-refractivity contribution in [2.24, 2.45) is 11.3 Å². The molecule has 1 N–H and O–H groups in total. The first-order valence-electron chi connectivity index (χ1n) is 15.1. The molecule has 9 nitrogen and oxygen atoms in total. The molecule has 10 heteroatoms. The third-order valence-electron chi connectivity index (χ3n) is 9.70. The number of hydrogen-bond donors (Lipinski definition) is 1. The van der Waals surface area contributed by atoms with Crippen molar-refractivity contribution in [3.05, 3.63) is 84.7 Å². The van der Waals surface area contributed by atoms with Crippen molar-refractivity contribution < 1.29 is 75.9 Å². The number of esters is 3. The minimum atomic E-state index is -1.98. The SMILES string of the molecule is [CH2-]/C=C/C(=O)O[C@H]1C[C@@]2(O)[C@@H](OC(=O)c3ccccc3)[C@H]([C@]3(OC(C)=O)CO[C@@H]3CCC)/C(C)=C(/C)C(=O)C(=C1C)C2(C)C.[CH3-].[Y]. The smallest absolute Gasteiger partial charge is 0.338 e. The molecular formula is C36H46O9Y-2. The van der Waals surface area contributed by atoms with Gasteiger partial charge in [-0.3, -0.25) is 14.4 Å². The predicted octanol–water partition coefficient (Wildman–Crippen LogP) is 5.48. The number of fused-ring (bicyclic) bond motifs is 2. The van der Waals surface area contributed by atoms with Crippen LogP contribution in [0.3, 0.4) is 0 Å². The van der Waals surface area contributed by atoms with E-state index in [9.17, 15) is 24.3 Å². The zero-order valence-electron chi connectivity index (χ0n) is 28.2. The van der Waals surface area contributed by atoms with Gasteiger partial charge >= 0.3 is 11.9 Å². The zero-order valence-corrected chi connectivity index (χ0v) is 31.0. The summed E-state index contributed by atoms with van der Waals surface area (Å²) >= 11 is 0. The Morgan fingerprint density at radius 3 is 2.24 bits per heavy atom. The van der Waals surface area contributed by atoms with Gasteiger partial charge in [0.25, 0.3) is 0 Å². The van der Waals surface area contributed by atoms with Crippen molar-refractivity contribution in [2.75, 3.05) is 6.61 Å². The van der Waals surface area contributed by atoms with Gasteiger partial charge in [-0.2, -0.15) is 0 Å². The van der Waals surface area contributed by atoms with Crippen LogP contribution in [0.2, 0.25) is 0 Å². The van der Waals surface area contributed by atoms with E-state index < -0.39 is 58.8 Å². The van der Waals surface area contributed by atoms with Crippen LogP contribution in [0.1, 0.15) is 78.1 Å². The summed E-state index contributed by atoms with van der Waals surface area (Å²) in [4.78, 5) is 53.5. The Bertz CT molecular complexity index is 1430. The summed E-state index contributed by atoms with van der Waals surface area (Å²) in [7, 11) is 0. The Labute approximate surface area is 298 Å². The Balaban J connectivity index is 0.00000368. The van der Waals surface area contributed by atoms with E-state index in [-0.39, 0.29) is 70.1 Å². The number of Topliss-reactive ketones (excluding diaryl/α,β-unsaturated/α-hetero) is 1. The molecule has 0 aromatic heterocycles. The van der Waals surface area contributed by atoms with E-state index in [0.29, 0.717) is 29.6 Å². The van der Waals surface area contributed by atoms with E-state index in [0.717, 1.165) is 6.08 Å².